The zero-order valence-corrected chi connectivity index (χ0v) is 19.2. The molecule has 1 aromatic carbocycles. The third-order valence-corrected chi connectivity index (χ3v) is 7.89. The minimum absolute atomic E-state index is 0.0306. The van der Waals surface area contributed by atoms with Crippen molar-refractivity contribution >= 4 is 21.4 Å². The molecule has 2 aliphatic heterocycles. The van der Waals surface area contributed by atoms with E-state index in [0.29, 0.717) is 31.7 Å². The van der Waals surface area contributed by atoms with E-state index in [1.165, 1.54) is 0 Å². The highest BCUT2D eigenvalue weighted by atomic mass is 32.2. The van der Waals surface area contributed by atoms with Gasteiger partial charge >= 0.3 is 0 Å². The lowest BCUT2D eigenvalue weighted by molar-refractivity contribution is 0.0746. The lowest BCUT2D eigenvalue weighted by Crippen LogP contribution is -2.49. The highest BCUT2D eigenvalue weighted by Gasteiger charge is 2.33. The van der Waals surface area contributed by atoms with E-state index in [1.54, 1.807) is 0 Å². The molecule has 1 amide bonds. The number of anilines is 1. The average Bonchev–Trinajstić information content (AvgIpc) is 3.26. The van der Waals surface area contributed by atoms with E-state index in [0.717, 1.165) is 35.9 Å². The van der Waals surface area contributed by atoms with Crippen molar-refractivity contribution in [3.05, 3.63) is 41.2 Å². The minimum atomic E-state index is -2.96. The minimum Gasteiger partial charge on any atom is -0.494 e. The SMILES string of the molecule is CCOc1ccc(C(=O)N2CCN(c3c(C)nn(C4CCS(=O)(=O)C4)c3C)CC2)cc1. The molecule has 0 saturated carbocycles. The maximum Gasteiger partial charge on any atom is 0.253 e. The van der Waals surface area contributed by atoms with Gasteiger partial charge in [0.25, 0.3) is 5.91 Å². The van der Waals surface area contributed by atoms with Gasteiger partial charge in [0.15, 0.2) is 9.84 Å². The number of rotatable bonds is 5. The summed E-state index contributed by atoms with van der Waals surface area (Å²) in [6, 6.07) is 7.20. The standard InChI is InChI=1S/C22H30N4O4S/c1-4-30-20-7-5-18(6-8-20)22(27)25-12-10-24(11-13-25)21-16(2)23-26(17(21)3)19-9-14-31(28,29)15-19/h5-8,19H,4,9-15H2,1-3H3. The summed E-state index contributed by atoms with van der Waals surface area (Å²) in [6.45, 7) is 9.22. The largest absolute Gasteiger partial charge is 0.494 e. The molecule has 2 aromatic rings. The predicted molar refractivity (Wildman–Crippen MR) is 120 cm³/mol. The molecule has 0 spiro atoms. The maximum absolute atomic E-state index is 12.9. The van der Waals surface area contributed by atoms with Crippen LogP contribution in [0.2, 0.25) is 0 Å². The van der Waals surface area contributed by atoms with Gasteiger partial charge in [-0.3, -0.25) is 9.48 Å². The molecule has 168 valence electrons. The Morgan fingerprint density at radius 2 is 1.81 bits per heavy atom. The molecule has 0 N–H and O–H groups in total. The quantitative estimate of drug-likeness (QED) is 0.700. The third kappa shape index (κ3) is 4.42. The number of hydrogen-bond acceptors (Lipinski definition) is 6. The van der Waals surface area contributed by atoms with Crippen LogP contribution in [-0.2, 0) is 9.84 Å². The van der Waals surface area contributed by atoms with Gasteiger partial charge in [-0.2, -0.15) is 5.10 Å². The zero-order chi connectivity index (χ0) is 22.2. The first-order valence-electron chi connectivity index (χ1n) is 10.8. The Morgan fingerprint density at radius 3 is 2.39 bits per heavy atom. The summed E-state index contributed by atoms with van der Waals surface area (Å²) in [5.41, 5.74) is 3.65. The smallest absolute Gasteiger partial charge is 0.253 e. The topological polar surface area (TPSA) is 84.7 Å². The number of hydrogen-bond donors (Lipinski definition) is 0. The summed E-state index contributed by atoms with van der Waals surface area (Å²) in [7, 11) is -2.96. The normalized spacial score (nSPS) is 20.8. The molecule has 4 rings (SSSR count). The highest BCUT2D eigenvalue weighted by Crippen LogP contribution is 2.31. The van der Waals surface area contributed by atoms with Crippen LogP contribution in [0.4, 0.5) is 5.69 Å². The van der Waals surface area contributed by atoms with Gasteiger partial charge in [0.2, 0.25) is 0 Å². The molecule has 0 aliphatic carbocycles. The predicted octanol–water partition coefficient (Wildman–Crippen LogP) is 2.22. The average molecular weight is 447 g/mol. The number of aromatic nitrogens is 2. The van der Waals surface area contributed by atoms with Crippen LogP contribution in [-0.4, -0.2) is 73.3 Å². The molecule has 3 heterocycles. The molecule has 2 fully saturated rings. The number of benzene rings is 1. The van der Waals surface area contributed by atoms with Crippen LogP contribution in [0.5, 0.6) is 5.75 Å². The number of piperazine rings is 1. The summed E-state index contributed by atoms with van der Waals surface area (Å²) in [5, 5.41) is 4.68. The number of carbonyl (C=O) groups excluding carboxylic acids is 1. The molecule has 1 unspecified atom stereocenters. The van der Waals surface area contributed by atoms with Crippen LogP contribution in [0.3, 0.4) is 0 Å². The van der Waals surface area contributed by atoms with Gasteiger partial charge in [-0.05, 0) is 51.5 Å². The van der Waals surface area contributed by atoms with E-state index < -0.39 is 9.84 Å². The van der Waals surface area contributed by atoms with Crippen LogP contribution >= 0.6 is 0 Å². The van der Waals surface area contributed by atoms with Crippen molar-refractivity contribution < 1.29 is 17.9 Å². The van der Waals surface area contributed by atoms with Gasteiger partial charge in [-0.25, -0.2) is 8.42 Å². The van der Waals surface area contributed by atoms with E-state index in [4.69, 9.17) is 4.74 Å². The van der Waals surface area contributed by atoms with Crippen LogP contribution in [0.25, 0.3) is 0 Å². The molecule has 1 atom stereocenters. The Labute approximate surface area is 183 Å². The Morgan fingerprint density at radius 1 is 1.13 bits per heavy atom. The first-order valence-corrected chi connectivity index (χ1v) is 12.6. The van der Waals surface area contributed by atoms with E-state index >= 15 is 0 Å². The van der Waals surface area contributed by atoms with Crippen molar-refractivity contribution in [2.45, 2.75) is 33.2 Å². The molecular weight excluding hydrogens is 416 g/mol. The van der Waals surface area contributed by atoms with Crippen LogP contribution in [0, 0.1) is 13.8 Å². The molecule has 8 nitrogen and oxygen atoms in total. The maximum atomic E-state index is 12.9. The lowest BCUT2D eigenvalue weighted by Gasteiger charge is -2.36. The summed E-state index contributed by atoms with van der Waals surface area (Å²) in [5.74, 6) is 1.20. The summed E-state index contributed by atoms with van der Waals surface area (Å²) >= 11 is 0. The van der Waals surface area contributed by atoms with Crippen LogP contribution in [0.1, 0.15) is 41.1 Å². The van der Waals surface area contributed by atoms with Crippen LogP contribution < -0.4 is 9.64 Å². The van der Waals surface area contributed by atoms with Gasteiger partial charge in [-0.1, -0.05) is 0 Å². The number of carbonyl (C=O) groups is 1. The number of nitrogens with zero attached hydrogens (tertiary/aromatic N) is 4. The Balaban J connectivity index is 1.42. The Bertz CT molecular complexity index is 1050. The van der Waals surface area contributed by atoms with Crippen molar-refractivity contribution in [1.82, 2.24) is 14.7 Å². The van der Waals surface area contributed by atoms with E-state index in [1.807, 2.05) is 54.6 Å². The molecular formula is C22H30N4O4S. The Hall–Kier alpha value is -2.55. The second-order valence-electron chi connectivity index (χ2n) is 8.26. The van der Waals surface area contributed by atoms with Crippen molar-refractivity contribution in [2.24, 2.45) is 0 Å². The van der Waals surface area contributed by atoms with Gasteiger partial charge in [0.1, 0.15) is 5.75 Å². The third-order valence-electron chi connectivity index (χ3n) is 6.14. The second kappa shape index (κ2) is 8.53. The summed E-state index contributed by atoms with van der Waals surface area (Å²) in [6.07, 6.45) is 0.619. The van der Waals surface area contributed by atoms with Gasteiger partial charge in [-0.15, -0.1) is 0 Å². The van der Waals surface area contributed by atoms with Crippen molar-refractivity contribution in [3.8, 4) is 5.75 Å². The van der Waals surface area contributed by atoms with Gasteiger partial charge in [0, 0.05) is 31.7 Å². The summed E-state index contributed by atoms with van der Waals surface area (Å²) in [4.78, 5) is 17.0. The van der Waals surface area contributed by atoms with E-state index in [9.17, 15) is 13.2 Å². The fourth-order valence-electron chi connectivity index (χ4n) is 4.61. The monoisotopic (exact) mass is 446 g/mol. The molecule has 9 heteroatoms. The molecule has 31 heavy (non-hydrogen) atoms. The molecule has 0 radical (unpaired) electrons. The number of ether oxygens (including phenoxy) is 1. The first-order chi connectivity index (χ1) is 14.8. The van der Waals surface area contributed by atoms with Gasteiger partial charge in [0.05, 0.1) is 41.2 Å². The molecule has 2 aliphatic rings. The molecule has 1 aromatic heterocycles. The second-order valence-corrected chi connectivity index (χ2v) is 10.5. The van der Waals surface area contributed by atoms with E-state index in [-0.39, 0.29) is 23.5 Å². The lowest BCUT2D eigenvalue weighted by atomic mass is 10.1. The number of sulfone groups is 1. The molecule has 2 saturated heterocycles. The van der Waals surface area contributed by atoms with Crippen LogP contribution in [0.15, 0.2) is 24.3 Å². The van der Waals surface area contributed by atoms with Crippen molar-refractivity contribution in [1.29, 1.82) is 0 Å². The number of amides is 1. The van der Waals surface area contributed by atoms with E-state index in [2.05, 4.69) is 10.00 Å². The van der Waals surface area contributed by atoms with Crippen molar-refractivity contribution in [3.63, 3.8) is 0 Å². The van der Waals surface area contributed by atoms with Crippen molar-refractivity contribution in [2.75, 3.05) is 49.2 Å². The fourth-order valence-corrected chi connectivity index (χ4v) is 6.30. The Kier molecular flexibility index (Phi) is 5.96. The highest BCUT2D eigenvalue weighted by molar-refractivity contribution is 7.91. The summed E-state index contributed by atoms with van der Waals surface area (Å²) < 4.78 is 31.1. The molecule has 0 bridgehead atoms. The fraction of sp³-hybridized carbons (Fsp3) is 0.545. The first kappa shape index (κ1) is 21.7. The number of aryl methyl sites for hydroxylation is 1. The zero-order valence-electron chi connectivity index (χ0n) is 18.4. The van der Waals surface area contributed by atoms with Gasteiger partial charge < -0.3 is 14.5 Å².